The number of nitro benzene ring substituents is 2. The van der Waals surface area contributed by atoms with Crippen LogP contribution in [0.5, 0.6) is 0 Å². The van der Waals surface area contributed by atoms with Crippen LogP contribution in [-0.2, 0) is 4.74 Å². The van der Waals surface area contributed by atoms with Gasteiger partial charge in [-0.3, -0.25) is 25.0 Å². The first-order valence-corrected chi connectivity index (χ1v) is 17.0. The summed E-state index contributed by atoms with van der Waals surface area (Å²) in [5.74, 6) is 6.34. The van der Waals surface area contributed by atoms with Gasteiger partial charge in [0, 0.05) is 52.4 Å². The highest BCUT2D eigenvalue weighted by atomic mass is 16.6. The molecule has 0 bridgehead atoms. The molecule has 54 heavy (non-hydrogen) atoms. The standard InChI is InChI=1S/C46H30N2O6/c49-44(36-17-9-3-10-18-36)41(31-33-13-5-1-6-14-33)46-43(35-24-28-39(29-25-35)48(52)53)42(34-15-7-2-8-16-34)40(45(54-46)37-19-11-4-12-20-37)30-23-32-21-26-38(27-22-32)47(50)51/h1-22,24-29,31,42H/b41-31+. The van der Waals surface area contributed by atoms with Gasteiger partial charge in [0.15, 0.2) is 5.78 Å². The van der Waals surface area contributed by atoms with Gasteiger partial charge in [0.05, 0.1) is 21.0 Å². The van der Waals surface area contributed by atoms with E-state index >= 15 is 0 Å². The minimum atomic E-state index is -0.639. The van der Waals surface area contributed by atoms with Gasteiger partial charge in [-0.1, -0.05) is 133 Å². The van der Waals surface area contributed by atoms with E-state index in [2.05, 4.69) is 11.8 Å². The summed E-state index contributed by atoms with van der Waals surface area (Å²) in [5, 5.41) is 23.1. The maximum Gasteiger partial charge on any atom is 0.269 e. The van der Waals surface area contributed by atoms with E-state index in [9.17, 15) is 25.0 Å². The van der Waals surface area contributed by atoms with E-state index < -0.39 is 15.8 Å². The molecule has 1 heterocycles. The first-order chi connectivity index (χ1) is 26.4. The van der Waals surface area contributed by atoms with E-state index in [4.69, 9.17) is 4.74 Å². The van der Waals surface area contributed by atoms with Gasteiger partial charge in [-0.25, -0.2) is 0 Å². The van der Waals surface area contributed by atoms with Gasteiger partial charge in [-0.05, 0) is 47.0 Å². The van der Waals surface area contributed by atoms with Gasteiger partial charge in [-0.15, -0.1) is 0 Å². The summed E-state index contributed by atoms with van der Waals surface area (Å²) in [6.45, 7) is 0. The van der Waals surface area contributed by atoms with Crippen LogP contribution in [0.15, 0.2) is 187 Å². The average Bonchev–Trinajstić information content (AvgIpc) is 3.23. The van der Waals surface area contributed by atoms with Crippen LogP contribution in [0.4, 0.5) is 11.4 Å². The molecule has 0 saturated heterocycles. The summed E-state index contributed by atoms with van der Waals surface area (Å²) in [4.78, 5) is 37.0. The number of benzene rings is 6. The lowest BCUT2D eigenvalue weighted by Crippen LogP contribution is -2.20. The van der Waals surface area contributed by atoms with Crippen molar-refractivity contribution < 1.29 is 19.4 Å². The van der Waals surface area contributed by atoms with Crippen molar-refractivity contribution in [2.45, 2.75) is 5.92 Å². The molecule has 1 aliphatic heterocycles. The maximum atomic E-state index is 14.8. The molecule has 6 aromatic rings. The van der Waals surface area contributed by atoms with Crippen LogP contribution < -0.4 is 0 Å². The predicted molar refractivity (Wildman–Crippen MR) is 209 cm³/mol. The second-order valence-corrected chi connectivity index (χ2v) is 12.3. The number of hydrogen-bond acceptors (Lipinski definition) is 6. The van der Waals surface area contributed by atoms with Crippen molar-refractivity contribution >= 4 is 34.6 Å². The zero-order valence-electron chi connectivity index (χ0n) is 28.7. The third-order valence-corrected chi connectivity index (χ3v) is 8.88. The molecule has 0 radical (unpaired) electrons. The number of ketones is 1. The van der Waals surface area contributed by atoms with E-state index in [0.717, 1.165) is 11.1 Å². The summed E-state index contributed by atoms with van der Waals surface area (Å²) in [6, 6.07) is 49.7. The van der Waals surface area contributed by atoms with Gasteiger partial charge in [0.1, 0.15) is 11.5 Å². The van der Waals surface area contributed by atoms with E-state index in [1.807, 2.05) is 97.1 Å². The molecule has 1 atom stereocenters. The maximum absolute atomic E-state index is 14.8. The minimum Gasteiger partial charge on any atom is -0.455 e. The van der Waals surface area contributed by atoms with Crippen molar-refractivity contribution in [3.05, 3.63) is 240 Å². The molecule has 7 rings (SSSR count). The topological polar surface area (TPSA) is 113 Å². The number of carbonyl (C=O) groups excluding carboxylic acids is 1. The van der Waals surface area contributed by atoms with E-state index in [1.54, 1.807) is 54.6 Å². The molecule has 0 N–H and O–H groups in total. The van der Waals surface area contributed by atoms with Crippen LogP contribution in [-0.4, -0.2) is 15.6 Å². The molecule has 0 aliphatic carbocycles. The highest BCUT2D eigenvalue weighted by Gasteiger charge is 2.37. The van der Waals surface area contributed by atoms with Gasteiger partial charge < -0.3 is 4.74 Å². The highest BCUT2D eigenvalue weighted by Crippen LogP contribution is 2.50. The fourth-order valence-electron chi connectivity index (χ4n) is 6.29. The Labute approximate surface area is 311 Å². The average molecular weight is 707 g/mol. The van der Waals surface area contributed by atoms with Crippen molar-refractivity contribution in [3.63, 3.8) is 0 Å². The second kappa shape index (κ2) is 15.7. The Hall–Kier alpha value is -7.63. The Bertz CT molecular complexity index is 2500. The minimum absolute atomic E-state index is 0.0539. The van der Waals surface area contributed by atoms with Gasteiger partial charge >= 0.3 is 0 Å². The number of carbonyl (C=O) groups is 1. The number of non-ortho nitro benzene ring substituents is 2. The van der Waals surface area contributed by atoms with E-state index in [0.29, 0.717) is 39.2 Å². The molecule has 0 amide bonds. The van der Waals surface area contributed by atoms with Crippen LogP contribution in [0.1, 0.15) is 44.1 Å². The molecule has 0 saturated carbocycles. The van der Waals surface area contributed by atoms with Gasteiger partial charge in [0.25, 0.3) is 11.4 Å². The van der Waals surface area contributed by atoms with E-state index in [-0.39, 0.29) is 28.5 Å². The Morgan fingerprint density at radius 2 is 1.11 bits per heavy atom. The molecular formula is C46H30N2O6. The Kier molecular flexibility index (Phi) is 10.1. The Morgan fingerprint density at radius 1 is 0.593 bits per heavy atom. The summed E-state index contributed by atoms with van der Waals surface area (Å²) < 4.78 is 7.04. The summed E-state index contributed by atoms with van der Waals surface area (Å²) >= 11 is 0. The van der Waals surface area contributed by atoms with Crippen molar-refractivity contribution in [1.29, 1.82) is 0 Å². The lowest BCUT2D eigenvalue weighted by Gasteiger charge is -2.33. The van der Waals surface area contributed by atoms with Crippen LogP contribution >= 0.6 is 0 Å². The van der Waals surface area contributed by atoms with Crippen LogP contribution in [0.25, 0.3) is 17.4 Å². The van der Waals surface area contributed by atoms with Crippen LogP contribution in [0, 0.1) is 32.1 Å². The number of rotatable bonds is 9. The Balaban J connectivity index is 1.56. The quantitative estimate of drug-likeness (QED) is 0.0486. The van der Waals surface area contributed by atoms with Crippen molar-refractivity contribution in [1.82, 2.24) is 0 Å². The first-order valence-electron chi connectivity index (χ1n) is 17.0. The normalized spacial score (nSPS) is 14.1. The smallest absolute Gasteiger partial charge is 0.269 e. The summed E-state index contributed by atoms with van der Waals surface area (Å²) in [5.41, 5.74) is 5.16. The van der Waals surface area contributed by atoms with Crippen LogP contribution in [0.2, 0.25) is 0 Å². The van der Waals surface area contributed by atoms with Gasteiger partial charge in [-0.2, -0.15) is 0 Å². The number of hydrogen-bond donors (Lipinski definition) is 0. The zero-order chi connectivity index (χ0) is 37.4. The molecule has 6 aromatic carbocycles. The number of nitrogens with zero attached hydrogens (tertiary/aromatic N) is 2. The molecule has 0 fully saturated rings. The summed E-state index contributed by atoms with van der Waals surface area (Å²) in [6.07, 6.45) is 1.80. The fraction of sp³-hybridized carbons (Fsp3) is 0.0217. The molecule has 8 heteroatoms. The number of Topliss-reactive ketones (excluding diaryl/α,β-unsaturated/α-hetero) is 1. The molecule has 1 aliphatic rings. The second-order valence-electron chi connectivity index (χ2n) is 12.3. The lowest BCUT2D eigenvalue weighted by molar-refractivity contribution is -0.385. The highest BCUT2D eigenvalue weighted by molar-refractivity contribution is 6.16. The van der Waals surface area contributed by atoms with Gasteiger partial charge in [0.2, 0.25) is 0 Å². The monoisotopic (exact) mass is 706 g/mol. The Morgan fingerprint density at radius 3 is 1.69 bits per heavy atom. The zero-order valence-corrected chi connectivity index (χ0v) is 28.7. The number of nitro groups is 2. The fourth-order valence-corrected chi connectivity index (χ4v) is 6.29. The largest absolute Gasteiger partial charge is 0.455 e. The number of allylic oxidation sites excluding steroid dienone is 3. The predicted octanol–water partition coefficient (Wildman–Crippen LogP) is 10.5. The third kappa shape index (κ3) is 7.52. The van der Waals surface area contributed by atoms with Crippen molar-refractivity contribution in [2.24, 2.45) is 0 Å². The molecule has 0 aromatic heterocycles. The molecule has 8 nitrogen and oxygen atoms in total. The molecule has 0 spiro atoms. The van der Waals surface area contributed by atoms with Crippen molar-refractivity contribution in [3.8, 4) is 11.8 Å². The van der Waals surface area contributed by atoms with Crippen molar-refractivity contribution in [2.75, 3.05) is 0 Å². The molecular weight excluding hydrogens is 677 g/mol. The van der Waals surface area contributed by atoms with E-state index in [1.165, 1.54) is 24.3 Å². The first kappa shape index (κ1) is 34.8. The summed E-state index contributed by atoms with van der Waals surface area (Å²) in [7, 11) is 0. The number of ether oxygens (including phenoxy) is 1. The third-order valence-electron chi connectivity index (χ3n) is 8.88. The van der Waals surface area contributed by atoms with Crippen LogP contribution in [0.3, 0.4) is 0 Å². The SMILES string of the molecule is O=C(/C(=C\c1ccccc1)C1=C(c2ccc([N+](=O)[O-])cc2)C(c2ccccc2)C(C#Cc2ccc([N+](=O)[O-])cc2)=C(c2ccccc2)O1)c1ccccc1. The molecule has 260 valence electrons. The lowest BCUT2D eigenvalue weighted by atomic mass is 9.76. The molecule has 1 unspecified atom stereocenters.